The van der Waals surface area contributed by atoms with E-state index in [1.807, 2.05) is 0 Å². The minimum absolute atomic E-state index is 0.731. The van der Waals surface area contributed by atoms with Gasteiger partial charge in [0, 0.05) is 67.0 Å². The quantitative estimate of drug-likeness (QED) is 0.0582. The topological polar surface area (TPSA) is 0 Å². The van der Waals surface area contributed by atoms with E-state index in [1.165, 1.54) is 72.8 Å². The van der Waals surface area contributed by atoms with Gasteiger partial charge in [-0.15, -0.1) is 47.0 Å². The molecule has 4 fully saturated rings. The number of hydrogen-bond donors (Lipinski definition) is 0. The zero-order valence-corrected chi connectivity index (χ0v) is 32.3. The highest BCUT2D eigenvalue weighted by atomic mass is 33.1. The molecule has 35 heavy (non-hydrogen) atoms. The molecule has 4 saturated heterocycles. The second-order valence-electron chi connectivity index (χ2n) is 7.73. The second kappa shape index (κ2) is 21.3. The number of rotatable bonds is 22. The van der Waals surface area contributed by atoms with Gasteiger partial charge in [-0.1, -0.05) is 86.4 Å². The van der Waals surface area contributed by atoms with Crippen molar-refractivity contribution in [2.75, 3.05) is 66.4 Å². The van der Waals surface area contributed by atoms with Crippen LogP contribution in [0, 0.1) is 0 Å². The summed E-state index contributed by atoms with van der Waals surface area (Å²) in [6.45, 7) is 0. The minimum Gasteiger partial charge on any atom is -0.160 e. The van der Waals surface area contributed by atoms with Crippen LogP contribution in [0.15, 0.2) is 0 Å². The Morgan fingerprint density at radius 2 is 0.686 bits per heavy atom. The highest BCUT2D eigenvalue weighted by molar-refractivity contribution is 8.80. The van der Waals surface area contributed by atoms with Gasteiger partial charge >= 0.3 is 0 Å². The molecule has 0 amide bonds. The molecule has 0 aromatic carbocycles. The molecular weight excluding hydrogens is 741 g/mol. The van der Waals surface area contributed by atoms with E-state index in [9.17, 15) is 0 Å². The van der Waals surface area contributed by atoms with Crippen LogP contribution in [0.4, 0.5) is 0 Å². The molecule has 4 aliphatic heterocycles. The van der Waals surface area contributed by atoms with Crippen molar-refractivity contribution in [2.45, 2.75) is 36.6 Å². The lowest BCUT2D eigenvalue weighted by atomic mass is 10.5. The summed E-state index contributed by atoms with van der Waals surface area (Å²) >= 11 is 17.4. The van der Waals surface area contributed by atoms with Gasteiger partial charge < -0.3 is 0 Å². The molecule has 0 aromatic rings. The maximum atomic E-state index is 2.23. The molecule has 0 spiro atoms. The van der Waals surface area contributed by atoms with Gasteiger partial charge in [0.25, 0.3) is 0 Å². The van der Waals surface area contributed by atoms with Crippen LogP contribution in [-0.2, 0) is 0 Å². The minimum atomic E-state index is 0.731. The Labute approximate surface area is 279 Å². The Morgan fingerprint density at radius 3 is 0.886 bits per heavy atom. The molecule has 204 valence electrons. The largest absolute Gasteiger partial charge is 0.160 e. The van der Waals surface area contributed by atoms with E-state index >= 15 is 0 Å². The molecule has 0 N–H and O–H groups in total. The monoisotopic (exact) mass is 772 g/mol. The van der Waals surface area contributed by atoms with Gasteiger partial charge in [-0.05, 0) is 6.42 Å². The van der Waals surface area contributed by atoms with Crippen LogP contribution in [0.5, 0.6) is 0 Å². The Hall–Kier alpha value is 5.60. The lowest BCUT2D eigenvalue weighted by Gasteiger charge is -2.26. The fourth-order valence-corrected chi connectivity index (χ4v) is 28.2. The Balaban J connectivity index is 1.17. The average Bonchev–Trinajstić information content (AvgIpc) is 2.72. The van der Waals surface area contributed by atoms with Crippen LogP contribution >= 0.6 is 180 Å². The standard InChI is InChI=1S/C19H32S16/c1(18(24-10-28-32-14-2-20-3-14)25-11-29-33-15-4-21-5-15)19(26-12-30-34-16-6-22-7-16)27-13-31-35-17-8-23-9-17/h14-19H,1-13H2. The van der Waals surface area contributed by atoms with Crippen LogP contribution in [0.2, 0.25) is 0 Å². The predicted octanol–water partition coefficient (Wildman–Crippen LogP) is 10.8. The van der Waals surface area contributed by atoms with Gasteiger partial charge in [-0.25, -0.2) is 0 Å². The molecule has 4 aliphatic rings. The van der Waals surface area contributed by atoms with E-state index < -0.39 is 0 Å². The van der Waals surface area contributed by atoms with E-state index in [2.05, 4.69) is 180 Å². The van der Waals surface area contributed by atoms with Gasteiger partial charge in [0.2, 0.25) is 0 Å². The van der Waals surface area contributed by atoms with Crippen LogP contribution in [-0.4, -0.2) is 96.5 Å². The second-order valence-corrected chi connectivity index (χ2v) is 29.5. The first-order chi connectivity index (χ1) is 17.3. The van der Waals surface area contributed by atoms with Crippen LogP contribution in [0.25, 0.3) is 0 Å². The van der Waals surface area contributed by atoms with Gasteiger partial charge in [0.05, 0.1) is 29.5 Å². The fourth-order valence-electron chi connectivity index (χ4n) is 2.51. The molecule has 0 bridgehead atoms. The fraction of sp³-hybridized carbons (Fsp3) is 1.00. The summed E-state index contributed by atoms with van der Waals surface area (Å²) in [7, 11) is 17.1. The summed E-state index contributed by atoms with van der Waals surface area (Å²) in [6.07, 6.45) is 1.34. The van der Waals surface area contributed by atoms with Gasteiger partial charge in [-0.3, -0.25) is 0 Å². The van der Waals surface area contributed by atoms with E-state index in [0.29, 0.717) is 0 Å². The van der Waals surface area contributed by atoms with Gasteiger partial charge in [0.15, 0.2) is 0 Å². The van der Waals surface area contributed by atoms with E-state index in [-0.39, 0.29) is 0 Å². The van der Waals surface area contributed by atoms with Crippen molar-refractivity contribution in [3.63, 3.8) is 0 Å². The Morgan fingerprint density at radius 1 is 0.429 bits per heavy atom. The summed E-state index contributed by atoms with van der Waals surface area (Å²) in [5.74, 6) is 10.9. The molecular formula is C19H32S16. The molecule has 0 atom stereocenters. The lowest BCUT2D eigenvalue weighted by Crippen LogP contribution is -2.19. The van der Waals surface area contributed by atoms with Crippen molar-refractivity contribution < 1.29 is 0 Å². The third-order valence-electron chi connectivity index (χ3n) is 4.84. The molecule has 4 rings (SSSR count). The Kier molecular flexibility index (Phi) is 20.4. The normalized spacial score (nSPS) is 21.8. The summed E-state index contributed by atoms with van der Waals surface area (Å²) in [5, 5.41) is 8.63. The molecule has 4 heterocycles. The lowest BCUT2D eigenvalue weighted by molar-refractivity contribution is 1.03. The number of thioether (sulfide) groups is 8. The predicted molar refractivity (Wildman–Crippen MR) is 207 cm³/mol. The van der Waals surface area contributed by atoms with Crippen molar-refractivity contribution in [3.05, 3.63) is 0 Å². The van der Waals surface area contributed by atoms with Crippen molar-refractivity contribution in [2.24, 2.45) is 0 Å². The zero-order chi connectivity index (χ0) is 24.0. The molecule has 0 aromatic heterocycles. The first-order valence-corrected chi connectivity index (χ1v) is 29.6. The maximum Gasteiger partial charge on any atom is 0.0538 e. The summed E-state index contributed by atoms with van der Waals surface area (Å²) in [5.41, 5.74) is 0. The van der Waals surface area contributed by atoms with Gasteiger partial charge in [0.1, 0.15) is 0 Å². The summed E-state index contributed by atoms with van der Waals surface area (Å²) < 4.78 is 1.46. The van der Waals surface area contributed by atoms with Crippen LogP contribution in [0.1, 0.15) is 6.42 Å². The first kappa shape index (κ1) is 33.5. The van der Waals surface area contributed by atoms with Crippen LogP contribution < -0.4 is 0 Å². The molecule has 0 aliphatic carbocycles. The van der Waals surface area contributed by atoms with Crippen molar-refractivity contribution in [3.8, 4) is 0 Å². The highest BCUT2D eigenvalue weighted by Crippen LogP contribution is 2.47. The maximum absolute atomic E-state index is 2.23. The van der Waals surface area contributed by atoms with Crippen molar-refractivity contribution in [1.29, 1.82) is 0 Å². The summed E-state index contributed by atoms with van der Waals surface area (Å²) in [4.78, 5) is 0. The zero-order valence-electron chi connectivity index (χ0n) is 19.2. The number of hydrogen-bond acceptors (Lipinski definition) is 16. The molecule has 0 saturated carbocycles. The molecule has 0 nitrogen and oxygen atoms in total. The molecule has 0 radical (unpaired) electrons. The van der Waals surface area contributed by atoms with Crippen LogP contribution in [0.3, 0.4) is 0 Å². The third-order valence-corrected chi connectivity index (χ3v) is 30.6. The van der Waals surface area contributed by atoms with Crippen molar-refractivity contribution >= 4 is 180 Å². The van der Waals surface area contributed by atoms with Crippen molar-refractivity contribution in [1.82, 2.24) is 0 Å². The third kappa shape index (κ3) is 14.8. The van der Waals surface area contributed by atoms with Gasteiger partial charge in [-0.2, -0.15) is 47.0 Å². The molecule has 0 unspecified atom stereocenters. The smallest absolute Gasteiger partial charge is 0.0538 e. The van der Waals surface area contributed by atoms with E-state index in [0.717, 1.165) is 30.2 Å². The molecule has 16 heteroatoms. The highest BCUT2D eigenvalue weighted by Gasteiger charge is 2.24. The van der Waals surface area contributed by atoms with E-state index in [4.69, 9.17) is 0 Å². The average molecular weight is 774 g/mol. The SMILES string of the molecule is C(SSC1CSC1)SC(CC(SCSSC1CSC1)SCSSC1CSC1)SCSSC1CSC1. The summed E-state index contributed by atoms with van der Waals surface area (Å²) in [6, 6.07) is 0. The first-order valence-electron chi connectivity index (χ1n) is 11.3. The Bertz CT molecular complexity index is 451. The van der Waals surface area contributed by atoms with E-state index in [1.54, 1.807) is 0 Å².